The molecule has 1 aromatic heterocycles. The van der Waals surface area contributed by atoms with Gasteiger partial charge in [0, 0.05) is 10.9 Å². The molecule has 0 radical (unpaired) electrons. The summed E-state index contributed by atoms with van der Waals surface area (Å²) in [4.78, 5) is 23.5. The normalized spacial score (nSPS) is 10.4. The number of benzene rings is 1. The van der Waals surface area contributed by atoms with Gasteiger partial charge in [-0.2, -0.15) is 0 Å². The van der Waals surface area contributed by atoms with Gasteiger partial charge in [0.2, 0.25) is 0 Å². The van der Waals surface area contributed by atoms with E-state index in [1.165, 1.54) is 11.3 Å². The third kappa shape index (κ3) is 6.20. The van der Waals surface area contributed by atoms with Gasteiger partial charge in [-0.3, -0.25) is 5.32 Å². The first-order valence-corrected chi connectivity index (χ1v) is 8.37. The number of carbonyl (C=O) groups is 2. The third-order valence-corrected chi connectivity index (χ3v) is 3.60. The van der Waals surface area contributed by atoms with E-state index in [1.54, 1.807) is 50.4 Å². The van der Waals surface area contributed by atoms with Crippen LogP contribution in [-0.4, -0.2) is 17.7 Å². The number of hydrogen-bond donors (Lipinski definition) is 3. The summed E-state index contributed by atoms with van der Waals surface area (Å²) in [7, 11) is 0. The lowest BCUT2D eigenvalue weighted by Crippen LogP contribution is -2.27. The van der Waals surface area contributed by atoms with Crippen molar-refractivity contribution in [2.75, 3.05) is 10.6 Å². The molecule has 1 aromatic carbocycles. The Morgan fingerprint density at radius 3 is 2.56 bits per heavy atom. The zero-order valence-corrected chi connectivity index (χ0v) is 15.0. The van der Waals surface area contributed by atoms with Crippen LogP contribution >= 0.6 is 11.3 Å². The smallest absolute Gasteiger partial charge is 0.412 e. The average molecular weight is 357 g/mol. The van der Waals surface area contributed by atoms with Gasteiger partial charge >= 0.3 is 12.1 Å². The molecular formula is C18H19N3O3S. The Balaban J connectivity index is 2.09. The maximum atomic E-state index is 11.7. The molecule has 0 aliphatic rings. The van der Waals surface area contributed by atoms with Crippen molar-refractivity contribution in [1.29, 1.82) is 0 Å². The number of hydrogen-bond acceptors (Lipinski definition) is 4. The van der Waals surface area contributed by atoms with E-state index in [4.69, 9.17) is 10.5 Å². The van der Waals surface area contributed by atoms with Crippen molar-refractivity contribution in [1.82, 2.24) is 0 Å². The molecular weight excluding hydrogens is 338 g/mol. The van der Waals surface area contributed by atoms with E-state index in [0.29, 0.717) is 16.9 Å². The molecule has 3 amide bonds. The van der Waals surface area contributed by atoms with Gasteiger partial charge in [0.15, 0.2) is 0 Å². The molecule has 0 spiro atoms. The Morgan fingerprint density at radius 2 is 1.88 bits per heavy atom. The van der Waals surface area contributed by atoms with Gasteiger partial charge in [0.1, 0.15) is 5.60 Å². The number of thiophene rings is 1. The minimum Gasteiger partial charge on any atom is -0.444 e. The molecule has 130 valence electrons. The largest absolute Gasteiger partial charge is 0.444 e. The summed E-state index contributed by atoms with van der Waals surface area (Å²) in [5.41, 5.74) is 6.40. The third-order valence-electron chi connectivity index (χ3n) is 2.75. The van der Waals surface area contributed by atoms with Crippen LogP contribution in [0, 0.1) is 11.8 Å². The SMILES string of the molecule is CC(C)(C)OC(=O)Nc1csc(C#Cc2ccccc2NC(N)=O)c1. The number of rotatable bonds is 2. The van der Waals surface area contributed by atoms with Crippen molar-refractivity contribution >= 4 is 34.8 Å². The molecule has 2 rings (SSSR count). The van der Waals surface area contributed by atoms with Crippen LogP contribution in [-0.2, 0) is 4.74 Å². The zero-order chi connectivity index (χ0) is 18.4. The zero-order valence-electron chi connectivity index (χ0n) is 14.2. The fourth-order valence-corrected chi connectivity index (χ4v) is 2.54. The molecule has 7 heteroatoms. The lowest BCUT2D eigenvalue weighted by atomic mass is 10.2. The number of ether oxygens (including phenoxy) is 1. The highest BCUT2D eigenvalue weighted by Crippen LogP contribution is 2.20. The van der Waals surface area contributed by atoms with Crippen molar-refractivity contribution in [2.24, 2.45) is 5.73 Å². The lowest BCUT2D eigenvalue weighted by Gasteiger charge is -2.19. The second-order valence-electron chi connectivity index (χ2n) is 6.11. The molecule has 1 heterocycles. The lowest BCUT2D eigenvalue weighted by molar-refractivity contribution is 0.0636. The number of para-hydroxylation sites is 1. The molecule has 0 aliphatic heterocycles. The summed E-state index contributed by atoms with van der Waals surface area (Å²) in [6, 6.07) is 8.22. The molecule has 25 heavy (non-hydrogen) atoms. The summed E-state index contributed by atoms with van der Waals surface area (Å²) >= 11 is 1.39. The quantitative estimate of drug-likeness (QED) is 0.710. The second-order valence-corrected chi connectivity index (χ2v) is 7.02. The van der Waals surface area contributed by atoms with Crippen LogP contribution in [0.4, 0.5) is 21.0 Å². The van der Waals surface area contributed by atoms with Crippen LogP contribution in [0.3, 0.4) is 0 Å². The standard InChI is InChI=1S/C18H19N3O3S/c1-18(2,3)24-17(23)20-13-10-14(25-11-13)9-8-12-6-4-5-7-15(12)21-16(19)22/h4-7,10-11H,1-3H3,(H,20,23)(H3,19,21,22). The molecule has 0 bridgehead atoms. The minimum atomic E-state index is -0.644. The number of primary amides is 1. The van der Waals surface area contributed by atoms with Gasteiger partial charge in [-0.05, 0) is 39.0 Å². The molecule has 4 N–H and O–H groups in total. The van der Waals surface area contributed by atoms with Crippen LogP contribution < -0.4 is 16.4 Å². The van der Waals surface area contributed by atoms with E-state index in [-0.39, 0.29) is 0 Å². The molecule has 0 unspecified atom stereocenters. The highest BCUT2D eigenvalue weighted by atomic mass is 32.1. The predicted molar refractivity (Wildman–Crippen MR) is 99.8 cm³/mol. The Kier molecular flexibility index (Phi) is 5.67. The first-order chi connectivity index (χ1) is 11.7. The predicted octanol–water partition coefficient (Wildman–Crippen LogP) is 3.99. The Bertz CT molecular complexity index is 841. The molecule has 0 fully saturated rings. The molecule has 0 saturated carbocycles. The molecule has 0 aliphatic carbocycles. The van der Waals surface area contributed by atoms with E-state index < -0.39 is 17.7 Å². The van der Waals surface area contributed by atoms with Crippen LogP contribution in [0.15, 0.2) is 35.7 Å². The van der Waals surface area contributed by atoms with Crippen LogP contribution in [0.1, 0.15) is 31.2 Å². The topological polar surface area (TPSA) is 93.4 Å². The fourth-order valence-electron chi connectivity index (χ4n) is 1.85. The maximum Gasteiger partial charge on any atom is 0.412 e. The van der Waals surface area contributed by atoms with Gasteiger partial charge in [0.25, 0.3) is 0 Å². The Morgan fingerprint density at radius 1 is 1.16 bits per heavy atom. The molecule has 0 saturated heterocycles. The van der Waals surface area contributed by atoms with Crippen LogP contribution in [0.5, 0.6) is 0 Å². The maximum absolute atomic E-state index is 11.7. The number of urea groups is 1. The van der Waals surface area contributed by atoms with Crippen molar-refractivity contribution in [3.63, 3.8) is 0 Å². The summed E-state index contributed by atoms with van der Waals surface area (Å²) in [5.74, 6) is 5.99. The van der Waals surface area contributed by atoms with E-state index in [9.17, 15) is 9.59 Å². The molecule has 2 aromatic rings. The van der Waals surface area contributed by atoms with Gasteiger partial charge in [-0.25, -0.2) is 9.59 Å². The fraction of sp³-hybridized carbons (Fsp3) is 0.222. The summed E-state index contributed by atoms with van der Waals surface area (Å²) in [6.07, 6.45) is -0.513. The Labute approximate surface area is 150 Å². The first kappa shape index (κ1) is 18.4. The van der Waals surface area contributed by atoms with Crippen LogP contribution in [0.2, 0.25) is 0 Å². The number of nitrogens with one attached hydrogen (secondary N) is 2. The van der Waals surface area contributed by atoms with E-state index >= 15 is 0 Å². The summed E-state index contributed by atoms with van der Waals surface area (Å²) < 4.78 is 5.20. The number of nitrogens with two attached hydrogens (primary N) is 1. The molecule has 0 atom stereocenters. The van der Waals surface area contributed by atoms with E-state index in [2.05, 4.69) is 22.5 Å². The summed E-state index contributed by atoms with van der Waals surface area (Å²) in [6.45, 7) is 5.40. The average Bonchev–Trinajstić information content (AvgIpc) is 2.91. The number of amides is 3. The highest BCUT2D eigenvalue weighted by Gasteiger charge is 2.16. The van der Waals surface area contributed by atoms with E-state index in [0.717, 1.165) is 4.88 Å². The van der Waals surface area contributed by atoms with Gasteiger partial charge < -0.3 is 15.8 Å². The van der Waals surface area contributed by atoms with Crippen molar-refractivity contribution in [3.05, 3.63) is 46.2 Å². The van der Waals surface area contributed by atoms with Gasteiger partial charge in [0.05, 0.1) is 16.3 Å². The monoisotopic (exact) mass is 357 g/mol. The minimum absolute atomic E-state index is 0.513. The highest BCUT2D eigenvalue weighted by molar-refractivity contribution is 7.11. The van der Waals surface area contributed by atoms with Crippen LogP contribution in [0.25, 0.3) is 0 Å². The van der Waals surface area contributed by atoms with Crippen molar-refractivity contribution in [2.45, 2.75) is 26.4 Å². The number of carbonyl (C=O) groups excluding carboxylic acids is 2. The number of anilines is 2. The Hall–Kier alpha value is -2.98. The molecule has 6 nitrogen and oxygen atoms in total. The summed E-state index contributed by atoms with van der Waals surface area (Å²) in [5, 5.41) is 6.97. The van der Waals surface area contributed by atoms with Crippen molar-refractivity contribution < 1.29 is 14.3 Å². The first-order valence-electron chi connectivity index (χ1n) is 7.49. The van der Waals surface area contributed by atoms with Gasteiger partial charge in [-0.1, -0.05) is 24.0 Å². The van der Waals surface area contributed by atoms with E-state index in [1.807, 2.05) is 6.07 Å². The van der Waals surface area contributed by atoms with Gasteiger partial charge in [-0.15, -0.1) is 11.3 Å². The second kappa shape index (κ2) is 7.73. The van der Waals surface area contributed by atoms with Crippen molar-refractivity contribution in [3.8, 4) is 11.8 Å².